The number of carbonyl (C=O) groups excluding carboxylic acids is 1. The highest BCUT2D eigenvalue weighted by molar-refractivity contribution is 9.10. The number of aromatic nitrogens is 3. The van der Waals surface area contributed by atoms with E-state index < -0.39 is 0 Å². The molecule has 1 aromatic carbocycles. The zero-order valence-corrected chi connectivity index (χ0v) is 18.6. The van der Waals surface area contributed by atoms with Gasteiger partial charge in [0.1, 0.15) is 17.1 Å². The summed E-state index contributed by atoms with van der Waals surface area (Å²) in [5.74, 6) is 1.26. The van der Waals surface area contributed by atoms with Gasteiger partial charge in [-0.25, -0.2) is 4.98 Å². The molecule has 7 nitrogen and oxygen atoms in total. The van der Waals surface area contributed by atoms with Crippen LogP contribution >= 0.6 is 15.9 Å². The molecular weight excluding hydrogens is 460 g/mol. The summed E-state index contributed by atoms with van der Waals surface area (Å²) < 4.78 is 10.3. The number of ether oxygens (including phenoxy) is 1. The molecule has 2 atom stereocenters. The number of amides is 1. The predicted molar refractivity (Wildman–Crippen MR) is 118 cm³/mol. The van der Waals surface area contributed by atoms with Crippen LogP contribution in [0.4, 0.5) is 0 Å². The molecule has 2 aliphatic heterocycles. The van der Waals surface area contributed by atoms with Crippen LogP contribution < -0.4 is 10.3 Å². The second kappa shape index (κ2) is 6.56. The molecule has 8 heteroatoms. The molecule has 6 rings (SSSR count). The van der Waals surface area contributed by atoms with Crippen molar-refractivity contribution in [2.45, 2.75) is 25.3 Å². The van der Waals surface area contributed by atoms with Crippen molar-refractivity contribution in [2.24, 2.45) is 5.92 Å². The van der Waals surface area contributed by atoms with Crippen LogP contribution in [0.2, 0.25) is 0 Å². The molecule has 1 aliphatic carbocycles. The summed E-state index contributed by atoms with van der Waals surface area (Å²) in [5, 5.41) is 0. The third-order valence-electron chi connectivity index (χ3n) is 6.87. The first kappa shape index (κ1) is 18.9. The molecule has 1 amide bonds. The molecule has 1 fully saturated rings. The Kier molecular flexibility index (Phi) is 3.99. The second-order valence-electron chi connectivity index (χ2n) is 8.72. The van der Waals surface area contributed by atoms with Crippen molar-refractivity contribution >= 4 is 21.8 Å². The Hall–Kier alpha value is -2.87. The highest BCUT2D eigenvalue weighted by atomic mass is 79.9. The van der Waals surface area contributed by atoms with E-state index in [0.29, 0.717) is 43.5 Å². The van der Waals surface area contributed by atoms with Gasteiger partial charge in [0.25, 0.3) is 11.5 Å². The van der Waals surface area contributed by atoms with Gasteiger partial charge in [-0.1, -0.05) is 15.9 Å². The largest absolute Gasteiger partial charge is 0.493 e. The van der Waals surface area contributed by atoms with E-state index in [1.54, 1.807) is 27.6 Å². The first-order chi connectivity index (χ1) is 15.0. The Morgan fingerprint density at radius 2 is 2.10 bits per heavy atom. The quantitative estimate of drug-likeness (QED) is 0.577. The molecule has 3 aromatic rings. The van der Waals surface area contributed by atoms with Crippen LogP contribution in [0, 0.1) is 12.8 Å². The fourth-order valence-corrected chi connectivity index (χ4v) is 5.48. The van der Waals surface area contributed by atoms with E-state index in [0.717, 1.165) is 22.3 Å². The maximum absolute atomic E-state index is 13.3. The minimum Gasteiger partial charge on any atom is -0.493 e. The van der Waals surface area contributed by atoms with E-state index in [1.165, 1.54) is 5.56 Å². The predicted octanol–water partition coefficient (Wildman–Crippen LogP) is 2.91. The fraction of sp³-hybridized carbons (Fsp3) is 0.348. The van der Waals surface area contributed by atoms with Crippen LogP contribution in [0.25, 0.3) is 5.69 Å². The number of nitrogens with zero attached hydrogens (tertiary/aromatic N) is 4. The molecule has 3 aliphatic rings. The number of hydrogen-bond donors (Lipinski definition) is 0. The van der Waals surface area contributed by atoms with Gasteiger partial charge in [-0.05, 0) is 43.7 Å². The number of fused-ring (bicyclic) bond motifs is 4. The van der Waals surface area contributed by atoms with Gasteiger partial charge in [0.15, 0.2) is 0 Å². The fourth-order valence-electron chi connectivity index (χ4n) is 5.12. The number of aryl methyl sites for hydroxylation is 1. The first-order valence-electron chi connectivity index (χ1n) is 10.4. The topological polar surface area (TPSA) is 69.4 Å². The maximum atomic E-state index is 13.3. The Labute approximate surface area is 187 Å². The number of carbonyl (C=O) groups is 1. The summed E-state index contributed by atoms with van der Waals surface area (Å²) in [6.45, 7) is 4.24. The van der Waals surface area contributed by atoms with Crippen LogP contribution in [-0.2, 0) is 12.0 Å². The van der Waals surface area contributed by atoms with Crippen molar-refractivity contribution in [2.75, 3.05) is 19.7 Å². The van der Waals surface area contributed by atoms with E-state index in [2.05, 4.69) is 27.0 Å². The summed E-state index contributed by atoms with van der Waals surface area (Å²) in [5.41, 5.74) is 2.77. The summed E-state index contributed by atoms with van der Waals surface area (Å²) >= 11 is 3.57. The van der Waals surface area contributed by atoms with Crippen molar-refractivity contribution in [1.82, 2.24) is 19.0 Å². The van der Waals surface area contributed by atoms with Gasteiger partial charge in [-0.3, -0.25) is 9.59 Å². The average molecular weight is 481 g/mol. The van der Waals surface area contributed by atoms with E-state index >= 15 is 0 Å². The Balaban J connectivity index is 1.32. The van der Waals surface area contributed by atoms with Gasteiger partial charge in [-0.2, -0.15) is 0 Å². The zero-order valence-electron chi connectivity index (χ0n) is 17.0. The van der Waals surface area contributed by atoms with Crippen molar-refractivity contribution in [1.29, 1.82) is 0 Å². The van der Waals surface area contributed by atoms with Crippen LogP contribution in [0.1, 0.15) is 28.2 Å². The average Bonchev–Trinajstić information content (AvgIpc) is 3.33. The van der Waals surface area contributed by atoms with Gasteiger partial charge in [0, 0.05) is 47.2 Å². The lowest BCUT2D eigenvalue weighted by Crippen LogP contribution is -2.48. The molecule has 1 saturated carbocycles. The van der Waals surface area contributed by atoms with E-state index in [-0.39, 0.29) is 16.9 Å². The molecule has 0 spiro atoms. The molecular formula is C23H21BrN4O3. The molecule has 0 N–H and O–H groups in total. The van der Waals surface area contributed by atoms with Gasteiger partial charge < -0.3 is 18.8 Å². The van der Waals surface area contributed by atoms with Gasteiger partial charge in [0.2, 0.25) is 0 Å². The highest BCUT2D eigenvalue weighted by Gasteiger charge is 2.60. The molecule has 0 saturated heterocycles. The summed E-state index contributed by atoms with van der Waals surface area (Å²) in [4.78, 5) is 32.5. The van der Waals surface area contributed by atoms with Crippen molar-refractivity contribution in [3.05, 3.63) is 74.6 Å². The molecule has 158 valence electrons. The molecule has 4 heterocycles. The third-order valence-corrected chi connectivity index (χ3v) is 7.36. The lowest BCUT2D eigenvalue weighted by Gasteiger charge is -2.35. The van der Waals surface area contributed by atoms with Crippen LogP contribution in [-0.4, -0.2) is 44.6 Å². The lowest BCUT2D eigenvalue weighted by molar-refractivity contribution is 0.0670. The molecule has 2 aromatic heterocycles. The normalized spacial score (nSPS) is 23.6. The third kappa shape index (κ3) is 2.81. The van der Waals surface area contributed by atoms with Gasteiger partial charge >= 0.3 is 0 Å². The Morgan fingerprint density at radius 3 is 2.90 bits per heavy atom. The second-order valence-corrected chi connectivity index (χ2v) is 9.63. The Morgan fingerprint density at radius 1 is 1.23 bits per heavy atom. The molecule has 0 unspecified atom stereocenters. The zero-order chi connectivity index (χ0) is 21.3. The highest BCUT2D eigenvalue weighted by Crippen LogP contribution is 2.60. The van der Waals surface area contributed by atoms with Crippen molar-refractivity contribution < 1.29 is 9.53 Å². The smallest absolute Gasteiger partial charge is 0.275 e. The Bertz CT molecular complexity index is 1300. The molecule has 0 radical (unpaired) electrons. The van der Waals surface area contributed by atoms with Crippen LogP contribution in [0.3, 0.4) is 0 Å². The summed E-state index contributed by atoms with van der Waals surface area (Å²) in [7, 11) is 0. The minimum atomic E-state index is -0.161. The van der Waals surface area contributed by atoms with Crippen molar-refractivity contribution in [3.63, 3.8) is 0 Å². The monoisotopic (exact) mass is 480 g/mol. The van der Waals surface area contributed by atoms with Gasteiger partial charge in [-0.15, -0.1) is 0 Å². The van der Waals surface area contributed by atoms with E-state index in [1.807, 2.05) is 30.2 Å². The van der Waals surface area contributed by atoms with Crippen molar-refractivity contribution in [3.8, 4) is 11.4 Å². The number of hydrogen-bond acceptors (Lipinski definition) is 4. The number of rotatable bonds is 3. The summed E-state index contributed by atoms with van der Waals surface area (Å²) in [6.07, 6.45) is 4.46. The van der Waals surface area contributed by atoms with Crippen LogP contribution in [0.5, 0.6) is 5.75 Å². The van der Waals surface area contributed by atoms with Crippen LogP contribution in [0.15, 0.2) is 52.1 Å². The molecule has 0 bridgehead atoms. The summed E-state index contributed by atoms with van der Waals surface area (Å²) in [6, 6.07) is 9.60. The number of pyridine rings is 1. The number of imidazole rings is 1. The van der Waals surface area contributed by atoms with E-state index in [4.69, 9.17) is 4.74 Å². The standard InChI is InChI=1S/C23H21BrN4O3/c1-14-10-27(13-25-14)18-3-4-19-21(29)26(6-7-28(19)22(18)30)12-23-9-15(23)11-31-20-5-2-16(24)8-17(20)23/h2-5,8,10,13,15H,6-7,9,11-12H2,1H3/t15-,23+/m1/s1. The minimum absolute atomic E-state index is 0.0518. The SMILES string of the molecule is Cc1cn(-c2ccc3n(c2=O)CCN(C[C@@]24C[C@@H]2COc2ccc(Br)cc24)C3=O)cn1. The first-order valence-corrected chi connectivity index (χ1v) is 11.2. The molecule has 31 heavy (non-hydrogen) atoms. The van der Waals surface area contributed by atoms with E-state index in [9.17, 15) is 9.59 Å². The lowest BCUT2D eigenvalue weighted by atomic mass is 9.90. The number of halogens is 1. The number of benzene rings is 1. The maximum Gasteiger partial charge on any atom is 0.275 e. The van der Waals surface area contributed by atoms with Gasteiger partial charge in [0.05, 0.1) is 18.6 Å².